The molecule has 16 heavy (non-hydrogen) atoms. The number of hydrogen-bond acceptors (Lipinski definition) is 4. The van der Waals surface area contributed by atoms with Gasteiger partial charge in [0.1, 0.15) is 0 Å². The van der Waals surface area contributed by atoms with Gasteiger partial charge in [-0.15, -0.1) is 0 Å². The van der Waals surface area contributed by atoms with Gasteiger partial charge in [0.25, 0.3) is 0 Å². The maximum Gasteiger partial charge on any atom is 0.211 e. The topological polar surface area (TPSA) is 69.6 Å². The number of nitrogens with zero attached hydrogens (tertiary/aromatic N) is 1. The highest BCUT2D eigenvalue weighted by Gasteiger charge is 2.12. The average molecular weight is 252 g/mol. The van der Waals surface area contributed by atoms with E-state index in [1.165, 1.54) is 10.6 Å². The van der Waals surface area contributed by atoms with Gasteiger partial charge in [-0.1, -0.05) is 6.92 Å². The molecule has 0 heterocycles. The standard InChI is InChI=1S/C10H24N2O3S/c1-3-12(16(2,14)15)9-6-8-11-7-4-5-10-13/h11,13H,3-10H2,1-2H3. The lowest BCUT2D eigenvalue weighted by atomic mass is 10.3. The minimum atomic E-state index is -3.04. The zero-order chi connectivity index (χ0) is 12.4. The van der Waals surface area contributed by atoms with Gasteiger partial charge in [-0.3, -0.25) is 0 Å². The van der Waals surface area contributed by atoms with Gasteiger partial charge in [0.05, 0.1) is 6.26 Å². The molecule has 0 spiro atoms. The second-order valence-corrected chi connectivity index (χ2v) is 5.77. The third-order valence-corrected chi connectivity index (χ3v) is 3.72. The Morgan fingerprint density at radius 3 is 2.31 bits per heavy atom. The van der Waals surface area contributed by atoms with Gasteiger partial charge in [0, 0.05) is 19.7 Å². The summed E-state index contributed by atoms with van der Waals surface area (Å²) < 4.78 is 24.0. The lowest BCUT2D eigenvalue weighted by Gasteiger charge is -2.17. The summed E-state index contributed by atoms with van der Waals surface area (Å²) in [6.45, 7) is 4.88. The number of sulfonamides is 1. The van der Waals surface area contributed by atoms with Crippen molar-refractivity contribution in [2.75, 3.05) is 39.0 Å². The molecule has 0 aliphatic carbocycles. The molecule has 0 fully saturated rings. The third kappa shape index (κ3) is 8.04. The monoisotopic (exact) mass is 252 g/mol. The van der Waals surface area contributed by atoms with E-state index in [2.05, 4.69) is 5.32 Å². The van der Waals surface area contributed by atoms with Crippen molar-refractivity contribution in [1.82, 2.24) is 9.62 Å². The zero-order valence-electron chi connectivity index (χ0n) is 10.3. The molecule has 0 atom stereocenters. The van der Waals surface area contributed by atoms with Crippen molar-refractivity contribution in [3.8, 4) is 0 Å². The van der Waals surface area contributed by atoms with Crippen LogP contribution in [0.2, 0.25) is 0 Å². The van der Waals surface area contributed by atoms with Gasteiger partial charge in [0.15, 0.2) is 0 Å². The van der Waals surface area contributed by atoms with Crippen LogP contribution in [-0.4, -0.2) is 56.9 Å². The van der Waals surface area contributed by atoms with Crippen molar-refractivity contribution in [1.29, 1.82) is 0 Å². The number of hydrogen-bond donors (Lipinski definition) is 2. The summed E-state index contributed by atoms with van der Waals surface area (Å²) in [5, 5.41) is 11.8. The minimum absolute atomic E-state index is 0.235. The molecule has 2 N–H and O–H groups in total. The lowest BCUT2D eigenvalue weighted by molar-refractivity contribution is 0.283. The highest BCUT2D eigenvalue weighted by molar-refractivity contribution is 7.88. The normalized spacial score (nSPS) is 12.2. The molecule has 0 aromatic rings. The highest BCUT2D eigenvalue weighted by Crippen LogP contribution is 1.98. The van der Waals surface area contributed by atoms with Crippen LogP contribution >= 0.6 is 0 Å². The first-order valence-corrected chi connectivity index (χ1v) is 7.64. The van der Waals surface area contributed by atoms with Gasteiger partial charge in [-0.2, -0.15) is 0 Å². The third-order valence-electron chi connectivity index (χ3n) is 2.34. The van der Waals surface area contributed by atoms with Gasteiger partial charge < -0.3 is 10.4 Å². The molecule has 0 rings (SSSR count). The van der Waals surface area contributed by atoms with E-state index in [0.29, 0.717) is 13.1 Å². The van der Waals surface area contributed by atoms with Gasteiger partial charge in [0.2, 0.25) is 10.0 Å². The number of unbranched alkanes of at least 4 members (excludes halogenated alkanes) is 1. The van der Waals surface area contributed by atoms with E-state index >= 15 is 0 Å². The molecule has 98 valence electrons. The van der Waals surface area contributed by atoms with Gasteiger partial charge in [-0.05, 0) is 32.4 Å². The fourth-order valence-corrected chi connectivity index (χ4v) is 2.36. The Labute approximate surface area is 98.9 Å². The molecule has 0 amide bonds. The van der Waals surface area contributed by atoms with Crippen LogP contribution in [0.1, 0.15) is 26.2 Å². The van der Waals surface area contributed by atoms with Crippen molar-refractivity contribution < 1.29 is 13.5 Å². The smallest absolute Gasteiger partial charge is 0.211 e. The SMILES string of the molecule is CCN(CCCNCCCCO)S(C)(=O)=O. The quantitative estimate of drug-likeness (QED) is 0.538. The second kappa shape index (κ2) is 8.92. The van der Waals surface area contributed by atoms with E-state index in [1.807, 2.05) is 6.92 Å². The van der Waals surface area contributed by atoms with Crippen molar-refractivity contribution >= 4 is 10.0 Å². The van der Waals surface area contributed by atoms with Crippen LogP contribution in [0.25, 0.3) is 0 Å². The lowest BCUT2D eigenvalue weighted by Crippen LogP contribution is -2.32. The van der Waals surface area contributed by atoms with E-state index in [9.17, 15) is 8.42 Å². The molecule has 0 aromatic heterocycles. The maximum absolute atomic E-state index is 11.2. The fourth-order valence-electron chi connectivity index (χ4n) is 1.43. The van der Waals surface area contributed by atoms with E-state index in [4.69, 9.17) is 5.11 Å². The van der Waals surface area contributed by atoms with E-state index in [0.717, 1.165) is 32.4 Å². The summed E-state index contributed by atoms with van der Waals surface area (Å²) in [6.07, 6.45) is 3.84. The summed E-state index contributed by atoms with van der Waals surface area (Å²) in [5.74, 6) is 0. The molecule has 0 unspecified atom stereocenters. The number of aliphatic hydroxyl groups is 1. The van der Waals surface area contributed by atoms with Crippen molar-refractivity contribution in [2.24, 2.45) is 0 Å². The Bertz CT molecular complexity index is 255. The van der Waals surface area contributed by atoms with Crippen LogP contribution in [0.5, 0.6) is 0 Å². The zero-order valence-corrected chi connectivity index (χ0v) is 11.1. The summed E-state index contributed by atoms with van der Waals surface area (Å²) in [4.78, 5) is 0. The molecule has 0 radical (unpaired) electrons. The van der Waals surface area contributed by atoms with Crippen molar-refractivity contribution in [2.45, 2.75) is 26.2 Å². The Kier molecular flexibility index (Phi) is 8.83. The van der Waals surface area contributed by atoms with Crippen LogP contribution in [0.3, 0.4) is 0 Å². The number of aliphatic hydroxyl groups excluding tert-OH is 1. The first-order valence-electron chi connectivity index (χ1n) is 5.79. The molecular formula is C10H24N2O3S. The van der Waals surface area contributed by atoms with Crippen molar-refractivity contribution in [3.63, 3.8) is 0 Å². The van der Waals surface area contributed by atoms with E-state index < -0.39 is 10.0 Å². The Morgan fingerprint density at radius 1 is 1.19 bits per heavy atom. The summed E-state index contributed by atoms with van der Waals surface area (Å²) in [5.41, 5.74) is 0. The molecule has 0 saturated heterocycles. The van der Waals surface area contributed by atoms with E-state index in [1.54, 1.807) is 0 Å². The molecule has 0 saturated carbocycles. The summed E-state index contributed by atoms with van der Waals surface area (Å²) >= 11 is 0. The Balaban J connectivity index is 3.50. The predicted molar refractivity (Wildman–Crippen MR) is 65.9 cm³/mol. The molecule has 0 aromatic carbocycles. The molecular weight excluding hydrogens is 228 g/mol. The molecule has 0 bridgehead atoms. The largest absolute Gasteiger partial charge is 0.396 e. The van der Waals surface area contributed by atoms with Crippen LogP contribution in [0, 0.1) is 0 Å². The van der Waals surface area contributed by atoms with Crippen LogP contribution in [0.4, 0.5) is 0 Å². The number of rotatable bonds is 10. The van der Waals surface area contributed by atoms with Crippen molar-refractivity contribution in [3.05, 3.63) is 0 Å². The maximum atomic E-state index is 11.2. The first kappa shape index (κ1) is 15.8. The van der Waals surface area contributed by atoms with Crippen LogP contribution in [-0.2, 0) is 10.0 Å². The van der Waals surface area contributed by atoms with Gasteiger partial charge in [-0.25, -0.2) is 12.7 Å². The van der Waals surface area contributed by atoms with Gasteiger partial charge >= 0.3 is 0 Å². The molecule has 0 aliphatic rings. The summed E-state index contributed by atoms with van der Waals surface area (Å²) in [7, 11) is -3.04. The predicted octanol–water partition coefficient (Wildman–Crippen LogP) is 0.0201. The molecule has 5 nitrogen and oxygen atoms in total. The van der Waals surface area contributed by atoms with E-state index in [-0.39, 0.29) is 6.61 Å². The highest BCUT2D eigenvalue weighted by atomic mass is 32.2. The first-order chi connectivity index (χ1) is 7.52. The number of nitrogens with one attached hydrogen (secondary N) is 1. The second-order valence-electron chi connectivity index (χ2n) is 3.79. The molecule has 0 aliphatic heterocycles. The van der Waals surface area contributed by atoms with Crippen LogP contribution in [0.15, 0.2) is 0 Å². The Hall–Kier alpha value is -0.170. The average Bonchev–Trinajstić information content (AvgIpc) is 2.20. The molecule has 6 heteroatoms. The Morgan fingerprint density at radius 2 is 1.81 bits per heavy atom. The summed E-state index contributed by atoms with van der Waals surface area (Å²) in [6, 6.07) is 0. The fraction of sp³-hybridized carbons (Fsp3) is 1.00. The van der Waals surface area contributed by atoms with Crippen LogP contribution < -0.4 is 5.32 Å². The minimum Gasteiger partial charge on any atom is -0.396 e.